The number of aliphatic carboxylic acids is 1. The predicted molar refractivity (Wildman–Crippen MR) is 81.9 cm³/mol. The molecule has 0 radical (unpaired) electrons. The fourth-order valence-corrected chi connectivity index (χ4v) is 2.30. The Kier molecular flexibility index (Phi) is 7.73. The first-order chi connectivity index (χ1) is 11.1. The number of benzene rings is 1. The van der Waals surface area contributed by atoms with Gasteiger partial charge in [0.15, 0.2) is 12.1 Å². The second-order valence-corrected chi connectivity index (χ2v) is 6.06. The third-order valence-corrected chi connectivity index (χ3v) is 3.77. The average molecular weight is 461 g/mol. The lowest BCUT2D eigenvalue weighted by molar-refractivity contribution is -0.660. The minimum Gasteiger partial charge on any atom is -0.542 e. The van der Waals surface area contributed by atoms with Gasteiger partial charge in [0.2, 0.25) is 0 Å². The number of halogens is 4. The van der Waals surface area contributed by atoms with Crippen LogP contribution >= 0.6 is 22.6 Å². The molecule has 0 spiro atoms. The molecule has 10 heteroatoms. The second-order valence-electron chi connectivity index (χ2n) is 4.82. The van der Waals surface area contributed by atoms with E-state index in [1.54, 1.807) is 0 Å². The van der Waals surface area contributed by atoms with Gasteiger partial charge in [-0.3, -0.25) is 0 Å². The van der Waals surface area contributed by atoms with Crippen molar-refractivity contribution >= 4 is 34.5 Å². The third kappa shape index (κ3) is 6.91. The Morgan fingerprint density at radius 2 is 1.83 bits per heavy atom. The number of nitrogens with two attached hydrogens (primary N) is 1. The minimum absolute atomic E-state index is 0.0826. The molecule has 134 valence electrons. The van der Waals surface area contributed by atoms with Crippen molar-refractivity contribution in [2.75, 3.05) is 13.7 Å². The highest BCUT2D eigenvalue weighted by atomic mass is 127. The lowest BCUT2D eigenvalue weighted by atomic mass is 10.2. The number of esters is 1. The molecule has 0 unspecified atom stereocenters. The van der Waals surface area contributed by atoms with E-state index in [2.05, 4.69) is 22.6 Å². The summed E-state index contributed by atoms with van der Waals surface area (Å²) in [4.78, 5) is 20.1. The summed E-state index contributed by atoms with van der Waals surface area (Å²) in [5.74, 6) is -2.32. The molecule has 0 aliphatic carbocycles. The van der Waals surface area contributed by atoms with Crippen molar-refractivity contribution in [1.82, 2.24) is 0 Å². The SMILES string of the molecule is COC(=O)[C@H]1C[C@@H](Oc2ccc(I)cc2)C[NH2+]1.O=C([O-])C(F)(F)F. The zero-order valence-electron chi connectivity index (χ0n) is 12.5. The summed E-state index contributed by atoms with van der Waals surface area (Å²) in [6.07, 6.45) is -4.40. The molecule has 1 fully saturated rings. The molecule has 0 aromatic heterocycles. The number of methoxy groups -OCH3 is 1. The first-order valence-corrected chi connectivity index (χ1v) is 7.83. The Morgan fingerprint density at radius 1 is 1.29 bits per heavy atom. The molecular formula is C14H15F3INO5. The maximum atomic E-state index is 11.3. The minimum atomic E-state index is -5.19. The number of hydrogen-bond acceptors (Lipinski definition) is 5. The van der Waals surface area contributed by atoms with Crippen molar-refractivity contribution < 1.29 is 42.7 Å². The molecule has 2 N–H and O–H groups in total. The Hall–Kier alpha value is -1.56. The highest BCUT2D eigenvalue weighted by Gasteiger charge is 2.35. The molecule has 1 aliphatic rings. The largest absolute Gasteiger partial charge is 0.542 e. The van der Waals surface area contributed by atoms with E-state index in [-0.39, 0.29) is 18.1 Å². The first-order valence-electron chi connectivity index (χ1n) is 6.75. The summed E-state index contributed by atoms with van der Waals surface area (Å²) in [6.45, 7) is 0.797. The van der Waals surface area contributed by atoms with Crippen molar-refractivity contribution in [3.05, 3.63) is 27.8 Å². The fraction of sp³-hybridized carbons (Fsp3) is 0.429. The van der Waals surface area contributed by atoms with Gasteiger partial charge in [-0.15, -0.1) is 0 Å². The van der Waals surface area contributed by atoms with Crippen molar-refractivity contribution in [1.29, 1.82) is 0 Å². The summed E-state index contributed by atoms with van der Waals surface area (Å²) in [6, 6.07) is 7.80. The van der Waals surface area contributed by atoms with E-state index in [4.69, 9.17) is 19.4 Å². The van der Waals surface area contributed by atoms with Crippen LogP contribution in [0.3, 0.4) is 0 Å². The number of rotatable bonds is 3. The van der Waals surface area contributed by atoms with Gasteiger partial charge in [0, 0.05) is 3.57 Å². The zero-order valence-corrected chi connectivity index (χ0v) is 14.7. The molecule has 2 rings (SSSR count). The average Bonchev–Trinajstić information content (AvgIpc) is 2.97. The molecule has 1 aromatic rings. The molecular weight excluding hydrogens is 446 g/mol. The lowest BCUT2D eigenvalue weighted by Crippen LogP contribution is -2.89. The van der Waals surface area contributed by atoms with E-state index >= 15 is 0 Å². The monoisotopic (exact) mass is 461 g/mol. The van der Waals surface area contributed by atoms with Crippen molar-refractivity contribution in [2.45, 2.75) is 24.7 Å². The third-order valence-electron chi connectivity index (χ3n) is 3.05. The summed E-state index contributed by atoms with van der Waals surface area (Å²) in [7, 11) is 1.42. The van der Waals surface area contributed by atoms with E-state index in [1.165, 1.54) is 10.7 Å². The highest BCUT2D eigenvalue weighted by Crippen LogP contribution is 2.17. The number of hydrogen-bond donors (Lipinski definition) is 1. The molecule has 1 heterocycles. The van der Waals surface area contributed by atoms with Gasteiger partial charge >= 0.3 is 12.1 Å². The molecule has 1 aliphatic heterocycles. The van der Waals surface area contributed by atoms with Gasteiger partial charge in [0.25, 0.3) is 0 Å². The van der Waals surface area contributed by atoms with Crippen LogP contribution in [0.1, 0.15) is 6.42 Å². The summed E-state index contributed by atoms with van der Waals surface area (Å²) in [5.41, 5.74) is 0. The van der Waals surface area contributed by atoms with Gasteiger partial charge in [-0.1, -0.05) is 0 Å². The van der Waals surface area contributed by atoms with Crippen molar-refractivity contribution in [3.63, 3.8) is 0 Å². The number of carbonyl (C=O) groups excluding carboxylic acids is 2. The smallest absolute Gasteiger partial charge is 0.430 e. The van der Waals surface area contributed by atoms with Crippen LogP contribution in [0.2, 0.25) is 0 Å². The Labute approximate surface area is 149 Å². The van der Waals surface area contributed by atoms with Gasteiger partial charge < -0.3 is 24.7 Å². The first kappa shape index (κ1) is 20.5. The van der Waals surface area contributed by atoms with E-state index < -0.39 is 12.1 Å². The number of carboxylic acids is 1. The standard InChI is InChI=1S/C12H14INO3.C2HF3O2/c1-16-12(15)11-6-10(7-14-11)17-9-4-2-8(13)3-5-9;3-2(4,5)1(6)7/h2-5,10-11,14H,6-7H2,1H3;(H,6,7)/t10-,11-;/m1./s1. The maximum absolute atomic E-state index is 11.3. The quantitative estimate of drug-likeness (QED) is 0.500. The van der Waals surface area contributed by atoms with Gasteiger partial charge in [-0.2, -0.15) is 13.2 Å². The molecule has 1 aromatic carbocycles. The van der Waals surface area contributed by atoms with Crippen LogP contribution in [0, 0.1) is 3.57 Å². The van der Waals surface area contributed by atoms with E-state index in [1.807, 2.05) is 29.6 Å². The molecule has 2 atom stereocenters. The normalized spacial score (nSPS) is 19.9. The Bertz CT molecular complexity index is 565. The zero-order chi connectivity index (χ0) is 18.3. The number of carboxylic acid groups (broad SMARTS) is 1. The van der Waals surface area contributed by atoms with Crippen LogP contribution in [0.15, 0.2) is 24.3 Å². The molecule has 0 amide bonds. The molecule has 6 nitrogen and oxygen atoms in total. The van der Waals surface area contributed by atoms with Crippen molar-refractivity contribution in [2.24, 2.45) is 0 Å². The molecule has 0 saturated carbocycles. The predicted octanol–water partition coefficient (Wildman–Crippen LogP) is -0.154. The fourth-order valence-electron chi connectivity index (χ4n) is 1.94. The van der Waals surface area contributed by atoms with Crippen LogP contribution in [0.4, 0.5) is 13.2 Å². The number of carbonyl (C=O) groups is 2. The number of ether oxygens (including phenoxy) is 2. The van der Waals surface area contributed by atoms with Crippen LogP contribution in [-0.2, 0) is 14.3 Å². The summed E-state index contributed by atoms with van der Waals surface area (Å²) < 4.78 is 43.3. The van der Waals surface area contributed by atoms with Crippen LogP contribution in [0.25, 0.3) is 0 Å². The molecule has 24 heavy (non-hydrogen) atoms. The number of alkyl halides is 3. The van der Waals surface area contributed by atoms with Gasteiger partial charge in [-0.25, -0.2) is 4.79 Å². The topological polar surface area (TPSA) is 92.3 Å². The van der Waals surface area contributed by atoms with E-state index in [9.17, 15) is 18.0 Å². The van der Waals surface area contributed by atoms with E-state index in [0.29, 0.717) is 6.42 Å². The highest BCUT2D eigenvalue weighted by molar-refractivity contribution is 14.1. The Balaban J connectivity index is 0.000000351. The Morgan fingerprint density at radius 3 is 2.29 bits per heavy atom. The molecule has 1 saturated heterocycles. The molecule has 0 bridgehead atoms. The van der Waals surface area contributed by atoms with Gasteiger partial charge in [0.1, 0.15) is 18.3 Å². The van der Waals surface area contributed by atoms with Crippen LogP contribution in [-0.4, -0.2) is 43.9 Å². The number of quaternary nitrogens is 1. The lowest BCUT2D eigenvalue weighted by Gasteiger charge is -2.10. The second kappa shape index (κ2) is 9.06. The van der Waals surface area contributed by atoms with Crippen molar-refractivity contribution in [3.8, 4) is 5.75 Å². The summed E-state index contributed by atoms with van der Waals surface area (Å²) >= 11 is 2.26. The van der Waals surface area contributed by atoms with E-state index in [0.717, 1.165) is 12.3 Å². The van der Waals surface area contributed by atoms with Gasteiger partial charge in [0.05, 0.1) is 13.5 Å². The van der Waals surface area contributed by atoms with Crippen LogP contribution < -0.4 is 15.2 Å². The maximum Gasteiger partial charge on any atom is 0.430 e. The van der Waals surface area contributed by atoms with Crippen LogP contribution in [0.5, 0.6) is 5.75 Å². The van der Waals surface area contributed by atoms with Gasteiger partial charge in [-0.05, 0) is 46.9 Å². The summed E-state index contributed by atoms with van der Waals surface area (Å²) in [5, 5.41) is 10.8.